The van der Waals surface area contributed by atoms with Crippen molar-refractivity contribution in [3.63, 3.8) is 0 Å². The van der Waals surface area contributed by atoms with Crippen molar-refractivity contribution in [3.8, 4) is 6.07 Å². The molecule has 0 aliphatic heterocycles. The molecule has 0 amide bonds. The Hall–Kier alpha value is -0.600. The Morgan fingerprint density at radius 3 is 2.77 bits per heavy atom. The lowest BCUT2D eigenvalue weighted by Crippen LogP contribution is -2.18. The molecule has 1 aromatic carbocycles. The second-order valence-electron chi connectivity index (χ2n) is 2.92. The van der Waals surface area contributed by atoms with Crippen LogP contribution in [-0.4, -0.2) is 18.5 Å². The van der Waals surface area contributed by atoms with Crippen molar-refractivity contribution in [2.75, 3.05) is 13.6 Å². The molecule has 0 heterocycles. The first-order valence-corrected chi connectivity index (χ1v) is 5.11. The molecule has 0 aromatic heterocycles. The SMILES string of the molecule is CN(CC#N)Cc1ccccc1I. The first kappa shape index (κ1) is 10.5. The maximum Gasteiger partial charge on any atom is 0.0866 e. The first-order chi connectivity index (χ1) is 6.24. The van der Waals surface area contributed by atoms with E-state index in [1.165, 1.54) is 9.13 Å². The predicted octanol–water partition coefficient (Wildman–Crippen LogP) is 2.25. The average Bonchev–Trinajstić information content (AvgIpc) is 2.09. The summed E-state index contributed by atoms with van der Waals surface area (Å²) in [6.45, 7) is 1.32. The van der Waals surface area contributed by atoms with E-state index in [9.17, 15) is 0 Å². The van der Waals surface area contributed by atoms with E-state index < -0.39 is 0 Å². The van der Waals surface area contributed by atoms with Crippen LogP contribution in [0.25, 0.3) is 0 Å². The molecule has 0 aliphatic carbocycles. The Kier molecular flexibility index (Phi) is 4.19. The zero-order valence-corrected chi connectivity index (χ0v) is 9.65. The number of hydrogen-bond acceptors (Lipinski definition) is 2. The van der Waals surface area contributed by atoms with Crippen LogP contribution in [-0.2, 0) is 6.54 Å². The van der Waals surface area contributed by atoms with Crippen LogP contribution in [0.5, 0.6) is 0 Å². The molecule has 0 saturated heterocycles. The zero-order valence-electron chi connectivity index (χ0n) is 7.50. The number of halogens is 1. The summed E-state index contributed by atoms with van der Waals surface area (Å²) in [5.74, 6) is 0. The summed E-state index contributed by atoms with van der Waals surface area (Å²) in [6.07, 6.45) is 0. The van der Waals surface area contributed by atoms with Crippen molar-refractivity contribution < 1.29 is 0 Å². The Labute approximate surface area is 92.3 Å². The van der Waals surface area contributed by atoms with Gasteiger partial charge in [-0.25, -0.2) is 0 Å². The van der Waals surface area contributed by atoms with E-state index in [2.05, 4.69) is 40.8 Å². The van der Waals surface area contributed by atoms with E-state index in [1.807, 2.05) is 24.1 Å². The molecule has 0 bridgehead atoms. The summed E-state index contributed by atoms with van der Waals surface area (Å²) in [4.78, 5) is 2.00. The summed E-state index contributed by atoms with van der Waals surface area (Å²) < 4.78 is 1.25. The summed E-state index contributed by atoms with van der Waals surface area (Å²) >= 11 is 2.31. The van der Waals surface area contributed by atoms with E-state index in [1.54, 1.807) is 0 Å². The Balaban J connectivity index is 2.64. The normalized spacial score (nSPS) is 10.0. The van der Waals surface area contributed by atoms with Gasteiger partial charge in [-0.05, 0) is 41.3 Å². The quantitative estimate of drug-likeness (QED) is 0.629. The van der Waals surface area contributed by atoms with Crippen LogP contribution in [0.2, 0.25) is 0 Å². The van der Waals surface area contributed by atoms with Gasteiger partial charge in [-0.3, -0.25) is 4.90 Å². The van der Waals surface area contributed by atoms with Gasteiger partial charge < -0.3 is 0 Å². The van der Waals surface area contributed by atoms with Gasteiger partial charge in [0.05, 0.1) is 12.6 Å². The number of benzene rings is 1. The van der Waals surface area contributed by atoms with Crippen LogP contribution in [0.15, 0.2) is 24.3 Å². The minimum atomic E-state index is 0.477. The van der Waals surface area contributed by atoms with Crippen molar-refractivity contribution in [2.24, 2.45) is 0 Å². The van der Waals surface area contributed by atoms with Crippen LogP contribution in [0.1, 0.15) is 5.56 Å². The standard InChI is InChI=1S/C10H11IN2/c1-13(7-6-12)8-9-4-2-3-5-10(9)11/h2-5H,7-8H2,1H3. The highest BCUT2D eigenvalue weighted by Crippen LogP contribution is 2.12. The third kappa shape index (κ3) is 3.33. The predicted molar refractivity (Wildman–Crippen MR) is 61.1 cm³/mol. The Bertz CT molecular complexity index is 317. The molecule has 0 N–H and O–H groups in total. The van der Waals surface area contributed by atoms with Crippen LogP contribution >= 0.6 is 22.6 Å². The maximum absolute atomic E-state index is 8.49. The van der Waals surface area contributed by atoms with Gasteiger partial charge in [0.1, 0.15) is 0 Å². The van der Waals surface area contributed by atoms with Gasteiger partial charge in [0.25, 0.3) is 0 Å². The van der Waals surface area contributed by atoms with Crippen LogP contribution in [0, 0.1) is 14.9 Å². The molecule has 0 fully saturated rings. The Morgan fingerprint density at radius 1 is 1.46 bits per heavy atom. The fraction of sp³-hybridized carbons (Fsp3) is 0.300. The summed E-state index contributed by atoms with van der Waals surface area (Å²) in [7, 11) is 1.95. The number of rotatable bonds is 3. The second kappa shape index (κ2) is 5.20. The van der Waals surface area contributed by atoms with Crippen LogP contribution < -0.4 is 0 Å². The molecule has 0 saturated carbocycles. The summed E-state index contributed by atoms with van der Waals surface area (Å²) in [6, 6.07) is 10.4. The lowest BCUT2D eigenvalue weighted by molar-refractivity contribution is 0.366. The second-order valence-corrected chi connectivity index (χ2v) is 4.08. The van der Waals surface area contributed by atoms with E-state index in [0.717, 1.165) is 6.54 Å². The minimum absolute atomic E-state index is 0.477. The molecule has 1 rings (SSSR count). The van der Waals surface area contributed by atoms with Gasteiger partial charge in [0.2, 0.25) is 0 Å². The smallest absolute Gasteiger partial charge is 0.0866 e. The molecule has 68 valence electrons. The molecule has 1 aromatic rings. The van der Waals surface area contributed by atoms with Crippen LogP contribution in [0.4, 0.5) is 0 Å². The van der Waals surface area contributed by atoms with Gasteiger partial charge in [-0.1, -0.05) is 18.2 Å². The van der Waals surface area contributed by atoms with Gasteiger partial charge in [0, 0.05) is 10.1 Å². The summed E-state index contributed by atoms with van der Waals surface area (Å²) in [5, 5.41) is 8.49. The van der Waals surface area contributed by atoms with E-state index in [-0.39, 0.29) is 0 Å². The third-order valence-corrected chi connectivity index (χ3v) is 2.79. The zero-order chi connectivity index (χ0) is 9.68. The van der Waals surface area contributed by atoms with E-state index in [0.29, 0.717) is 6.54 Å². The highest BCUT2D eigenvalue weighted by Gasteiger charge is 2.01. The fourth-order valence-corrected chi connectivity index (χ4v) is 1.65. The molecule has 0 unspecified atom stereocenters. The minimum Gasteiger partial charge on any atom is -0.289 e. The van der Waals surface area contributed by atoms with Crippen molar-refractivity contribution >= 4 is 22.6 Å². The average molecular weight is 286 g/mol. The number of hydrogen-bond donors (Lipinski definition) is 0. The molecule has 0 spiro atoms. The third-order valence-electron chi connectivity index (χ3n) is 1.74. The lowest BCUT2D eigenvalue weighted by atomic mass is 10.2. The molecule has 13 heavy (non-hydrogen) atoms. The molecule has 0 radical (unpaired) electrons. The van der Waals surface area contributed by atoms with Crippen molar-refractivity contribution in [2.45, 2.75) is 6.54 Å². The number of nitriles is 1. The Morgan fingerprint density at radius 2 is 2.15 bits per heavy atom. The van der Waals surface area contributed by atoms with Gasteiger partial charge >= 0.3 is 0 Å². The monoisotopic (exact) mass is 286 g/mol. The maximum atomic E-state index is 8.49. The van der Waals surface area contributed by atoms with Gasteiger partial charge in [0.15, 0.2) is 0 Å². The number of nitrogens with zero attached hydrogens (tertiary/aromatic N) is 2. The molecule has 0 aliphatic rings. The van der Waals surface area contributed by atoms with Crippen molar-refractivity contribution in [1.82, 2.24) is 4.90 Å². The summed E-state index contributed by atoms with van der Waals surface area (Å²) in [5.41, 5.74) is 1.28. The topological polar surface area (TPSA) is 27.0 Å². The van der Waals surface area contributed by atoms with Crippen molar-refractivity contribution in [1.29, 1.82) is 5.26 Å². The molecular formula is C10H11IN2. The highest BCUT2D eigenvalue weighted by molar-refractivity contribution is 14.1. The molecule has 0 atom stereocenters. The molecule has 3 heteroatoms. The van der Waals surface area contributed by atoms with Gasteiger partial charge in [-0.2, -0.15) is 5.26 Å². The largest absolute Gasteiger partial charge is 0.289 e. The van der Waals surface area contributed by atoms with E-state index >= 15 is 0 Å². The van der Waals surface area contributed by atoms with E-state index in [4.69, 9.17) is 5.26 Å². The first-order valence-electron chi connectivity index (χ1n) is 4.03. The fourth-order valence-electron chi connectivity index (χ4n) is 1.09. The van der Waals surface area contributed by atoms with Crippen molar-refractivity contribution in [3.05, 3.63) is 33.4 Å². The highest BCUT2D eigenvalue weighted by atomic mass is 127. The van der Waals surface area contributed by atoms with Crippen LogP contribution in [0.3, 0.4) is 0 Å². The molecular weight excluding hydrogens is 275 g/mol. The lowest BCUT2D eigenvalue weighted by Gasteiger charge is -2.13. The molecule has 2 nitrogen and oxygen atoms in total. The van der Waals surface area contributed by atoms with Gasteiger partial charge in [-0.15, -0.1) is 0 Å².